The van der Waals surface area contributed by atoms with Gasteiger partial charge in [-0.1, -0.05) is 20.8 Å². The van der Waals surface area contributed by atoms with E-state index in [1.165, 1.54) is 6.42 Å². The molecule has 0 radical (unpaired) electrons. The molecule has 0 aliphatic carbocycles. The Bertz CT molecular complexity index is 236. The van der Waals surface area contributed by atoms with Crippen molar-refractivity contribution in [3.63, 3.8) is 0 Å². The van der Waals surface area contributed by atoms with Gasteiger partial charge >= 0.3 is 5.97 Å². The molecule has 0 aromatic carbocycles. The lowest BCUT2D eigenvalue weighted by Crippen LogP contribution is -2.52. The minimum absolute atomic E-state index is 0.290. The number of nitrogens with zero attached hydrogens (tertiary/aromatic N) is 2. The van der Waals surface area contributed by atoms with Crippen molar-refractivity contribution in [1.82, 2.24) is 9.80 Å². The van der Waals surface area contributed by atoms with Crippen molar-refractivity contribution in [2.45, 2.75) is 39.7 Å². The first-order valence-corrected chi connectivity index (χ1v) is 6.73. The SMILES string of the molecule is CC[C@H](C(=O)O)N1CCN(CCC(C)C)CC1. The number of piperazine rings is 1. The first-order chi connectivity index (χ1) is 8.04. The summed E-state index contributed by atoms with van der Waals surface area (Å²) in [4.78, 5) is 15.6. The Morgan fingerprint density at radius 2 is 1.82 bits per heavy atom. The van der Waals surface area contributed by atoms with Gasteiger partial charge in [0.05, 0.1) is 0 Å². The molecule has 4 nitrogen and oxygen atoms in total. The molecule has 0 aromatic rings. The van der Waals surface area contributed by atoms with E-state index < -0.39 is 5.97 Å². The van der Waals surface area contributed by atoms with Crippen LogP contribution in [0.2, 0.25) is 0 Å². The largest absolute Gasteiger partial charge is 0.480 e. The van der Waals surface area contributed by atoms with Crippen LogP contribution in [0.15, 0.2) is 0 Å². The molecule has 0 saturated carbocycles. The highest BCUT2D eigenvalue weighted by Gasteiger charge is 2.27. The van der Waals surface area contributed by atoms with Crippen LogP contribution in [0, 0.1) is 5.92 Å². The molecule has 1 aliphatic heterocycles. The smallest absolute Gasteiger partial charge is 0.320 e. The molecule has 1 aliphatic rings. The molecule has 0 spiro atoms. The van der Waals surface area contributed by atoms with Crippen LogP contribution in [0.5, 0.6) is 0 Å². The number of carbonyl (C=O) groups is 1. The molecule has 1 rings (SSSR count). The molecular weight excluding hydrogens is 216 g/mol. The lowest BCUT2D eigenvalue weighted by Gasteiger charge is -2.37. The van der Waals surface area contributed by atoms with Crippen LogP contribution < -0.4 is 0 Å². The van der Waals surface area contributed by atoms with E-state index in [4.69, 9.17) is 5.11 Å². The molecule has 0 amide bonds. The number of carboxylic acids is 1. The maximum atomic E-state index is 11.1. The van der Waals surface area contributed by atoms with Crippen LogP contribution in [0.3, 0.4) is 0 Å². The van der Waals surface area contributed by atoms with Gasteiger partial charge in [0.25, 0.3) is 0 Å². The lowest BCUT2D eigenvalue weighted by atomic mass is 10.1. The number of aliphatic carboxylic acids is 1. The van der Waals surface area contributed by atoms with Crippen LogP contribution in [-0.4, -0.2) is 59.6 Å². The number of rotatable bonds is 6. The zero-order chi connectivity index (χ0) is 12.8. The van der Waals surface area contributed by atoms with Gasteiger partial charge in [-0.05, 0) is 25.3 Å². The van der Waals surface area contributed by atoms with Crippen LogP contribution in [0.25, 0.3) is 0 Å². The Morgan fingerprint density at radius 1 is 1.24 bits per heavy atom. The predicted octanol–water partition coefficient (Wildman–Crippen LogP) is 1.51. The molecule has 1 saturated heterocycles. The van der Waals surface area contributed by atoms with E-state index in [1.807, 2.05) is 6.92 Å². The van der Waals surface area contributed by atoms with Crippen molar-refractivity contribution in [3.8, 4) is 0 Å². The van der Waals surface area contributed by atoms with Crippen LogP contribution >= 0.6 is 0 Å². The molecular formula is C13H26N2O2. The third-order valence-electron chi connectivity index (χ3n) is 3.54. The highest BCUT2D eigenvalue weighted by Crippen LogP contribution is 2.11. The second-order valence-electron chi connectivity index (χ2n) is 5.32. The summed E-state index contributed by atoms with van der Waals surface area (Å²) in [7, 11) is 0. The summed E-state index contributed by atoms with van der Waals surface area (Å²) < 4.78 is 0. The minimum atomic E-state index is -0.678. The van der Waals surface area contributed by atoms with E-state index in [1.54, 1.807) is 0 Å². The molecule has 100 valence electrons. The van der Waals surface area contributed by atoms with Crippen LogP contribution in [0.1, 0.15) is 33.6 Å². The highest BCUT2D eigenvalue weighted by molar-refractivity contribution is 5.73. The maximum absolute atomic E-state index is 11.1. The van der Waals surface area contributed by atoms with Crippen LogP contribution in [0.4, 0.5) is 0 Å². The standard InChI is InChI=1S/C13H26N2O2/c1-4-12(13(16)17)15-9-7-14(8-10-15)6-5-11(2)3/h11-12H,4-10H2,1-3H3,(H,16,17)/t12-/m1/s1. The van der Waals surface area contributed by atoms with Crippen molar-refractivity contribution in [3.05, 3.63) is 0 Å². The maximum Gasteiger partial charge on any atom is 0.320 e. The third-order valence-corrected chi connectivity index (χ3v) is 3.54. The molecule has 1 fully saturated rings. The average molecular weight is 242 g/mol. The van der Waals surface area contributed by atoms with E-state index >= 15 is 0 Å². The molecule has 1 N–H and O–H groups in total. The van der Waals surface area contributed by atoms with Gasteiger partial charge in [-0.3, -0.25) is 9.69 Å². The monoisotopic (exact) mass is 242 g/mol. The van der Waals surface area contributed by atoms with Gasteiger partial charge in [-0.15, -0.1) is 0 Å². The second-order valence-corrected chi connectivity index (χ2v) is 5.32. The number of hydrogen-bond donors (Lipinski definition) is 1. The summed E-state index contributed by atoms with van der Waals surface area (Å²) in [6.07, 6.45) is 1.93. The molecule has 4 heteroatoms. The van der Waals surface area contributed by atoms with E-state index in [9.17, 15) is 4.79 Å². The normalized spacial score (nSPS) is 20.7. The summed E-state index contributed by atoms with van der Waals surface area (Å²) in [5.74, 6) is 0.0681. The Hall–Kier alpha value is -0.610. The van der Waals surface area contributed by atoms with E-state index in [2.05, 4.69) is 23.6 Å². The fourth-order valence-electron chi connectivity index (χ4n) is 2.33. The molecule has 0 bridgehead atoms. The summed E-state index contributed by atoms with van der Waals surface area (Å²) in [5.41, 5.74) is 0. The molecule has 0 aromatic heterocycles. The van der Waals surface area contributed by atoms with E-state index in [0.29, 0.717) is 6.42 Å². The zero-order valence-electron chi connectivity index (χ0n) is 11.4. The fourth-order valence-corrected chi connectivity index (χ4v) is 2.33. The Labute approximate surface area is 105 Å². The molecule has 0 unspecified atom stereocenters. The molecule has 17 heavy (non-hydrogen) atoms. The summed E-state index contributed by atoms with van der Waals surface area (Å²) >= 11 is 0. The highest BCUT2D eigenvalue weighted by atomic mass is 16.4. The second kappa shape index (κ2) is 6.97. The summed E-state index contributed by atoms with van der Waals surface area (Å²) in [5, 5.41) is 9.11. The summed E-state index contributed by atoms with van der Waals surface area (Å²) in [6, 6.07) is -0.290. The van der Waals surface area contributed by atoms with E-state index in [0.717, 1.165) is 38.6 Å². The average Bonchev–Trinajstić information content (AvgIpc) is 2.28. The van der Waals surface area contributed by atoms with Gasteiger partial charge in [0.15, 0.2) is 0 Å². The predicted molar refractivity (Wildman–Crippen MR) is 69.2 cm³/mol. The van der Waals surface area contributed by atoms with Crippen molar-refractivity contribution < 1.29 is 9.90 Å². The Balaban J connectivity index is 2.32. The quantitative estimate of drug-likeness (QED) is 0.767. The van der Waals surface area contributed by atoms with Crippen molar-refractivity contribution >= 4 is 5.97 Å². The zero-order valence-corrected chi connectivity index (χ0v) is 11.4. The van der Waals surface area contributed by atoms with Gasteiger partial charge in [-0.2, -0.15) is 0 Å². The first kappa shape index (κ1) is 14.5. The minimum Gasteiger partial charge on any atom is -0.480 e. The lowest BCUT2D eigenvalue weighted by molar-refractivity contribution is -0.144. The topological polar surface area (TPSA) is 43.8 Å². The van der Waals surface area contributed by atoms with Gasteiger partial charge in [-0.25, -0.2) is 0 Å². The van der Waals surface area contributed by atoms with Gasteiger partial charge in [0, 0.05) is 26.2 Å². The fraction of sp³-hybridized carbons (Fsp3) is 0.923. The Kier molecular flexibility index (Phi) is 5.92. The molecule has 1 atom stereocenters. The molecule has 1 heterocycles. The van der Waals surface area contributed by atoms with Crippen molar-refractivity contribution in [2.75, 3.05) is 32.7 Å². The van der Waals surface area contributed by atoms with Crippen molar-refractivity contribution in [1.29, 1.82) is 0 Å². The number of carboxylic acid groups (broad SMARTS) is 1. The number of hydrogen-bond acceptors (Lipinski definition) is 3. The van der Waals surface area contributed by atoms with Crippen LogP contribution in [-0.2, 0) is 4.79 Å². The van der Waals surface area contributed by atoms with E-state index in [-0.39, 0.29) is 6.04 Å². The summed E-state index contributed by atoms with van der Waals surface area (Å²) in [6.45, 7) is 11.4. The van der Waals surface area contributed by atoms with Gasteiger partial charge in [0.1, 0.15) is 6.04 Å². The third kappa shape index (κ3) is 4.64. The van der Waals surface area contributed by atoms with Gasteiger partial charge < -0.3 is 10.0 Å². The van der Waals surface area contributed by atoms with Gasteiger partial charge in [0.2, 0.25) is 0 Å². The Morgan fingerprint density at radius 3 is 2.24 bits per heavy atom. The van der Waals surface area contributed by atoms with Crippen molar-refractivity contribution in [2.24, 2.45) is 5.92 Å². The first-order valence-electron chi connectivity index (χ1n) is 6.73.